The largest absolute Gasteiger partial charge is 0.395 e. The van der Waals surface area contributed by atoms with Gasteiger partial charge in [0.15, 0.2) is 0 Å². The van der Waals surface area contributed by atoms with Gasteiger partial charge in [0.2, 0.25) is 5.91 Å². The van der Waals surface area contributed by atoms with Crippen molar-refractivity contribution in [3.8, 4) is 0 Å². The van der Waals surface area contributed by atoms with Gasteiger partial charge in [-0.05, 0) is 12.8 Å². The van der Waals surface area contributed by atoms with Crippen molar-refractivity contribution in [3.63, 3.8) is 0 Å². The van der Waals surface area contributed by atoms with Crippen LogP contribution in [-0.2, 0) is 9.53 Å². The lowest BCUT2D eigenvalue weighted by molar-refractivity contribution is -0.137. The van der Waals surface area contributed by atoms with Crippen LogP contribution in [0.2, 0.25) is 0 Å². The molecule has 0 aromatic rings. The Balaban J connectivity index is 1.84. The average Bonchev–Trinajstić information content (AvgIpc) is 2.93. The van der Waals surface area contributed by atoms with Gasteiger partial charge in [0.25, 0.3) is 0 Å². The van der Waals surface area contributed by atoms with E-state index in [1.54, 1.807) is 0 Å². The number of aliphatic hydroxyl groups excluding tert-OH is 1. The van der Waals surface area contributed by atoms with E-state index in [1.807, 2.05) is 4.90 Å². The Hall–Kier alpha value is -0.650. The first-order chi connectivity index (χ1) is 8.81. The zero-order valence-electron chi connectivity index (χ0n) is 11.0. The summed E-state index contributed by atoms with van der Waals surface area (Å²) in [6, 6.07) is 0.488. The number of hydrogen-bond donors (Lipinski definition) is 1. The van der Waals surface area contributed by atoms with Crippen molar-refractivity contribution in [1.82, 2.24) is 9.80 Å². The number of ether oxygens (including phenoxy) is 1. The number of carbonyl (C=O) groups excluding carboxylic acids is 1. The summed E-state index contributed by atoms with van der Waals surface area (Å²) in [5, 5.41) is 9.13. The summed E-state index contributed by atoms with van der Waals surface area (Å²) in [5.74, 6) is 0.179. The Morgan fingerprint density at radius 2 is 1.94 bits per heavy atom. The van der Waals surface area contributed by atoms with Gasteiger partial charge in [-0.1, -0.05) is 12.8 Å². The SMILES string of the molecule is O=C(CN(CCO)C1CCCC1)N1CCOCC1. The second kappa shape index (κ2) is 7.07. The van der Waals surface area contributed by atoms with Gasteiger partial charge in [-0.15, -0.1) is 0 Å². The first-order valence-corrected chi connectivity index (χ1v) is 7.01. The first kappa shape index (κ1) is 13.8. The van der Waals surface area contributed by atoms with Crippen LogP contribution in [0.5, 0.6) is 0 Å². The summed E-state index contributed by atoms with van der Waals surface area (Å²) in [4.78, 5) is 16.2. The van der Waals surface area contributed by atoms with Gasteiger partial charge in [-0.2, -0.15) is 0 Å². The average molecular weight is 256 g/mol. The molecule has 0 aromatic carbocycles. The molecule has 5 nitrogen and oxygen atoms in total. The maximum atomic E-state index is 12.2. The fourth-order valence-corrected chi connectivity index (χ4v) is 2.88. The van der Waals surface area contributed by atoms with Crippen LogP contribution >= 0.6 is 0 Å². The molecular weight excluding hydrogens is 232 g/mol. The first-order valence-electron chi connectivity index (χ1n) is 7.01. The van der Waals surface area contributed by atoms with E-state index in [4.69, 9.17) is 9.84 Å². The highest BCUT2D eigenvalue weighted by molar-refractivity contribution is 5.78. The molecule has 0 aromatic heterocycles. The molecule has 1 saturated heterocycles. The van der Waals surface area contributed by atoms with Gasteiger partial charge in [-0.3, -0.25) is 9.69 Å². The highest BCUT2D eigenvalue weighted by Crippen LogP contribution is 2.23. The quantitative estimate of drug-likeness (QED) is 0.757. The Bertz CT molecular complexity index is 261. The van der Waals surface area contributed by atoms with Crippen molar-refractivity contribution in [2.24, 2.45) is 0 Å². The van der Waals surface area contributed by atoms with Crippen LogP contribution in [0.3, 0.4) is 0 Å². The summed E-state index contributed by atoms with van der Waals surface area (Å²) >= 11 is 0. The van der Waals surface area contributed by atoms with Gasteiger partial charge in [0, 0.05) is 25.7 Å². The highest BCUT2D eigenvalue weighted by Gasteiger charge is 2.26. The molecule has 2 fully saturated rings. The summed E-state index contributed by atoms with van der Waals surface area (Å²) in [6.07, 6.45) is 4.82. The second-order valence-electron chi connectivity index (χ2n) is 5.13. The van der Waals surface area contributed by atoms with Gasteiger partial charge < -0.3 is 14.7 Å². The van der Waals surface area contributed by atoms with E-state index in [0.29, 0.717) is 45.4 Å². The molecule has 0 atom stereocenters. The summed E-state index contributed by atoms with van der Waals surface area (Å²) < 4.78 is 5.25. The molecule has 2 rings (SSSR count). The Kier molecular flexibility index (Phi) is 5.41. The molecule has 1 aliphatic carbocycles. The van der Waals surface area contributed by atoms with Crippen LogP contribution in [-0.4, -0.2) is 72.9 Å². The van der Waals surface area contributed by atoms with Crippen molar-refractivity contribution < 1.29 is 14.6 Å². The third-order valence-corrected chi connectivity index (χ3v) is 3.93. The molecule has 18 heavy (non-hydrogen) atoms. The second-order valence-corrected chi connectivity index (χ2v) is 5.13. The summed E-state index contributed by atoms with van der Waals surface area (Å²) in [7, 11) is 0. The zero-order valence-corrected chi connectivity index (χ0v) is 11.0. The van der Waals surface area contributed by atoms with Crippen molar-refractivity contribution in [2.45, 2.75) is 31.7 Å². The maximum Gasteiger partial charge on any atom is 0.236 e. The third kappa shape index (κ3) is 3.67. The van der Waals surface area contributed by atoms with Gasteiger partial charge >= 0.3 is 0 Å². The van der Waals surface area contributed by atoms with Crippen LogP contribution in [0, 0.1) is 0 Å². The number of nitrogens with zero attached hydrogens (tertiary/aromatic N) is 2. The normalized spacial score (nSPS) is 21.8. The van der Waals surface area contributed by atoms with Crippen molar-refractivity contribution in [3.05, 3.63) is 0 Å². The summed E-state index contributed by atoms with van der Waals surface area (Å²) in [6.45, 7) is 3.90. The van der Waals surface area contributed by atoms with Crippen molar-refractivity contribution in [1.29, 1.82) is 0 Å². The maximum absolute atomic E-state index is 12.2. The molecule has 1 heterocycles. The van der Waals surface area contributed by atoms with E-state index in [2.05, 4.69) is 4.90 Å². The lowest BCUT2D eigenvalue weighted by Crippen LogP contribution is -2.48. The smallest absolute Gasteiger partial charge is 0.236 e. The number of rotatable bonds is 5. The number of hydrogen-bond acceptors (Lipinski definition) is 4. The van der Waals surface area contributed by atoms with Crippen LogP contribution in [0.1, 0.15) is 25.7 Å². The van der Waals surface area contributed by atoms with Crippen LogP contribution in [0.15, 0.2) is 0 Å². The van der Waals surface area contributed by atoms with Crippen LogP contribution < -0.4 is 0 Å². The number of carbonyl (C=O) groups is 1. The molecule has 0 radical (unpaired) electrons. The van der Waals surface area contributed by atoms with E-state index < -0.39 is 0 Å². The molecule has 1 saturated carbocycles. The third-order valence-electron chi connectivity index (χ3n) is 3.93. The van der Waals surface area contributed by atoms with Gasteiger partial charge in [-0.25, -0.2) is 0 Å². The van der Waals surface area contributed by atoms with E-state index in [-0.39, 0.29) is 12.5 Å². The summed E-state index contributed by atoms with van der Waals surface area (Å²) in [5.41, 5.74) is 0. The minimum atomic E-state index is 0.132. The van der Waals surface area contributed by atoms with Crippen LogP contribution in [0.25, 0.3) is 0 Å². The van der Waals surface area contributed by atoms with Crippen molar-refractivity contribution in [2.75, 3.05) is 46.0 Å². The Morgan fingerprint density at radius 1 is 1.28 bits per heavy atom. The van der Waals surface area contributed by atoms with Crippen molar-refractivity contribution >= 4 is 5.91 Å². The van der Waals surface area contributed by atoms with E-state index >= 15 is 0 Å². The molecule has 0 bridgehead atoms. The molecular formula is C13H24N2O3. The molecule has 104 valence electrons. The molecule has 1 amide bonds. The monoisotopic (exact) mass is 256 g/mol. The lowest BCUT2D eigenvalue weighted by atomic mass is 10.2. The minimum Gasteiger partial charge on any atom is -0.395 e. The fourth-order valence-electron chi connectivity index (χ4n) is 2.88. The van der Waals surface area contributed by atoms with E-state index in [9.17, 15) is 4.79 Å². The number of morpholine rings is 1. The zero-order chi connectivity index (χ0) is 12.8. The number of aliphatic hydroxyl groups is 1. The fraction of sp³-hybridized carbons (Fsp3) is 0.923. The molecule has 0 unspecified atom stereocenters. The van der Waals surface area contributed by atoms with Gasteiger partial charge in [0.1, 0.15) is 0 Å². The molecule has 2 aliphatic rings. The Morgan fingerprint density at radius 3 is 2.56 bits per heavy atom. The number of amides is 1. The standard InChI is InChI=1S/C13H24N2O3/c16-8-5-15(12-3-1-2-4-12)11-13(17)14-6-9-18-10-7-14/h12,16H,1-11H2. The lowest BCUT2D eigenvalue weighted by Gasteiger charge is -2.32. The minimum absolute atomic E-state index is 0.132. The molecule has 5 heteroatoms. The van der Waals surface area contributed by atoms with E-state index in [0.717, 1.165) is 12.8 Å². The predicted molar refractivity (Wildman–Crippen MR) is 68.3 cm³/mol. The molecule has 1 aliphatic heterocycles. The highest BCUT2D eigenvalue weighted by atomic mass is 16.5. The molecule has 1 N–H and O–H groups in total. The predicted octanol–water partition coefficient (Wildman–Crippen LogP) is 0.0821. The molecule has 0 spiro atoms. The van der Waals surface area contributed by atoms with E-state index in [1.165, 1.54) is 12.8 Å². The van der Waals surface area contributed by atoms with Gasteiger partial charge in [0.05, 0.1) is 26.4 Å². The topological polar surface area (TPSA) is 53.0 Å². The Labute approximate surface area is 109 Å². The van der Waals surface area contributed by atoms with Crippen LogP contribution in [0.4, 0.5) is 0 Å².